The molecule has 0 aliphatic carbocycles. The largest absolute Gasteiger partial charge is 0.508 e. The number of carbonyl (C=O) groups excluding carboxylic acids is 2. The number of nitrogens with one attached hydrogen (secondary N) is 1. The van der Waals surface area contributed by atoms with E-state index in [0.717, 1.165) is 0 Å². The monoisotopic (exact) mass is 402 g/mol. The fourth-order valence-corrected chi connectivity index (χ4v) is 3.28. The number of carboxylic acid groups (broad SMARTS) is 1. The zero-order valence-electron chi connectivity index (χ0n) is 15.3. The van der Waals surface area contributed by atoms with Gasteiger partial charge in [-0.1, -0.05) is 18.2 Å². The Bertz CT molecular complexity index is 1330. The maximum atomic E-state index is 13.1. The summed E-state index contributed by atoms with van der Waals surface area (Å²) in [5, 5.41) is 27.1. The fraction of sp³-hybridized carbons (Fsp3) is 0. The quantitative estimate of drug-likeness (QED) is 0.373. The molecule has 1 amide bonds. The summed E-state index contributed by atoms with van der Waals surface area (Å²) in [7, 11) is 0. The lowest BCUT2D eigenvalue weighted by Crippen LogP contribution is -2.17. The molecule has 2 aromatic carbocycles. The van der Waals surface area contributed by atoms with Crippen molar-refractivity contribution in [2.45, 2.75) is 0 Å². The normalized spacial score (nSPS) is 10.8. The maximum Gasteiger partial charge on any atom is 0.336 e. The van der Waals surface area contributed by atoms with Crippen LogP contribution in [0.1, 0.15) is 36.8 Å². The molecule has 4 rings (SSSR count). The van der Waals surface area contributed by atoms with Gasteiger partial charge in [0, 0.05) is 22.7 Å². The van der Waals surface area contributed by atoms with E-state index in [0.29, 0.717) is 0 Å². The van der Waals surface area contributed by atoms with Crippen LogP contribution >= 0.6 is 0 Å². The highest BCUT2D eigenvalue weighted by atomic mass is 16.4. The molecule has 0 spiro atoms. The maximum absolute atomic E-state index is 13.1. The van der Waals surface area contributed by atoms with Crippen LogP contribution in [0.25, 0.3) is 22.2 Å². The number of phenolic OH excluding ortho intramolecular Hbond substituents is 1. The van der Waals surface area contributed by atoms with Gasteiger partial charge in [0.25, 0.3) is 5.91 Å². The van der Waals surface area contributed by atoms with Crippen molar-refractivity contribution in [3.8, 4) is 16.9 Å². The Morgan fingerprint density at radius 2 is 1.63 bits per heavy atom. The van der Waals surface area contributed by atoms with Gasteiger partial charge in [0.05, 0.1) is 11.1 Å². The van der Waals surface area contributed by atoms with Crippen LogP contribution in [0.3, 0.4) is 0 Å². The Morgan fingerprint density at radius 3 is 2.30 bits per heavy atom. The first-order valence-electron chi connectivity index (χ1n) is 8.72. The molecule has 0 aliphatic heterocycles. The average molecular weight is 402 g/mol. The average Bonchev–Trinajstić information content (AvgIpc) is 3.17. The van der Waals surface area contributed by atoms with E-state index in [1.165, 1.54) is 42.6 Å². The molecule has 0 aliphatic rings. The number of nitrogens with zero attached hydrogens (tertiary/aromatic N) is 2. The van der Waals surface area contributed by atoms with E-state index in [1.54, 1.807) is 12.1 Å². The van der Waals surface area contributed by atoms with E-state index in [4.69, 9.17) is 5.73 Å². The highest BCUT2D eigenvalue weighted by molar-refractivity contribution is 6.21. The highest BCUT2D eigenvalue weighted by Crippen LogP contribution is 2.35. The number of aromatic hydroxyl groups is 1. The summed E-state index contributed by atoms with van der Waals surface area (Å²) in [6.45, 7) is 0. The molecule has 5 N–H and O–H groups in total. The van der Waals surface area contributed by atoms with Crippen LogP contribution in [0, 0.1) is 0 Å². The minimum atomic E-state index is -1.21. The van der Waals surface area contributed by atoms with Gasteiger partial charge in [-0.3, -0.25) is 9.59 Å². The van der Waals surface area contributed by atoms with E-state index < -0.39 is 17.7 Å². The number of ketones is 1. The molecule has 0 radical (unpaired) electrons. The lowest BCUT2D eigenvalue weighted by Gasteiger charge is -2.11. The molecule has 4 aromatic rings. The Kier molecular flexibility index (Phi) is 4.47. The Balaban J connectivity index is 2.06. The van der Waals surface area contributed by atoms with Crippen LogP contribution in [0.15, 0.2) is 54.7 Å². The summed E-state index contributed by atoms with van der Waals surface area (Å²) < 4.78 is 0. The smallest absolute Gasteiger partial charge is 0.336 e. The van der Waals surface area contributed by atoms with Crippen molar-refractivity contribution in [1.82, 2.24) is 15.2 Å². The van der Waals surface area contributed by atoms with Crippen LogP contribution in [0.4, 0.5) is 0 Å². The first-order chi connectivity index (χ1) is 14.4. The number of amides is 1. The third kappa shape index (κ3) is 3.04. The number of nitrogens with two attached hydrogens (primary N) is 1. The third-order valence-electron chi connectivity index (χ3n) is 4.63. The van der Waals surface area contributed by atoms with Gasteiger partial charge in [-0.25, -0.2) is 4.79 Å². The first kappa shape index (κ1) is 18.8. The number of hydrogen-bond donors (Lipinski definition) is 4. The predicted octanol–water partition coefficient (Wildman–Crippen LogP) is 2.36. The summed E-state index contributed by atoms with van der Waals surface area (Å²) >= 11 is 0. The molecule has 0 bridgehead atoms. The summed E-state index contributed by atoms with van der Waals surface area (Å²) in [5.41, 5.74) is 6.05. The van der Waals surface area contributed by atoms with Gasteiger partial charge in [-0.05, 0) is 35.9 Å². The second-order valence-corrected chi connectivity index (χ2v) is 6.44. The van der Waals surface area contributed by atoms with Gasteiger partial charge in [0.15, 0.2) is 17.1 Å². The van der Waals surface area contributed by atoms with Crippen LogP contribution in [0.5, 0.6) is 5.75 Å². The molecule has 0 unspecified atom stereocenters. The molecular formula is C21H14N4O5. The molecule has 2 heterocycles. The lowest BCUT2D eigenvalue weighted by molar-refractivity contribution is 0.0697. The molecular weight excluding hydrogens is 388 g/mol. The van der Waals surface area contributed by atoms with E-state index in [1.807, 2.05) is 0 Å². The number of aromatic nitrogens is 3. The molecule has 0 saturated carbocycles. The number of phenols is 1. The van der Waals surface area contributed by atoms with Crippen molar-refractivity contribution < 1.29 is 24.6 Å². The highest BCUT2D eigenvalue weighted by Gasteiger charge is 2.26. The van der Waals surface area contributed by atoms with Crippen molar-refractivity contribution >= 4 is 28.7 Å². The van der Waals surface area contributed by atoms with Gasteiger partial charge in [-0.2, -0.15) is 0 Å². The van der Waals surface area contributed by atoms with Crippen LogP contribution in [-0.2, 0) is 0 Å². The minimum absolute atomic E-state index is 0.00318. The van der Waals surface area contributed by atoms with E-state index in [-0.39, 0.29) is 50.3 Å². The Hall–Kier alpha value is -4.53. The Morgan fingerprint density at radius 1 is 0.933 bits per heavy atom. The summed E-state index contributed by atoms with van der Waals surface area (Å²) in [6.07, 6.45) is 1.41. The molecule has 30 heavy (non-hydrogen) atoms. The third-order valence-corrected chi connectivity index (χ3v) is 4.63. The number of carbonyl (C=O) groups is 3. The molecule has 9 heteroatoms. The Labute approximate surface area is 168 Å². The van der Waals surface area contributed by atoms with Gasteiger partial charge in [0.2, 0.25) is 0 Å². The number of carboxylic acids is 1. The van der Waals surface area contributed by atoms with E-state index >= 15 is 0 Å². The molecule has 148 valence electrons. The summed E-state index contributed by atoms with van der Waals surface area (Å²) in [4.78, 5) is 39.8. The molecule has 0 atom stereocenters. The molecule has 0 fully saturated rings. The topological polar surface area (TPSA) is 159 Å². The van der Waals surface area contributed by atoms with Crippen molar-refractivity contribution in [3.05, 3.63) is 77.1 Å². The number of benzene rings is 2. The van der Waals surface area contributed by atoms with Crippen molar-refractivity contribution in [2.75, 3.05) is 0 Å². The number of hydrogen-bond acceptors (Lipinski definition) is 6. The summed E-state index contributed by atoms with van der Waals surface area (Å²) in [6, 6.07) is 11.7. The molecule has 9 nitrogen and oxygen atoms in total. The van der Waals surface area contributed by atoms with Crippen molar-refractivity contribution in [3.63, 3.8) is 0 Å². The van der Waals surface area contributed by atoms with Gasteiger partial charge < -0.3 is 20.9 Å². The predicted molar refractivity (Wildman–Crippen MR) is 106 cm³/mol. The van der Waals surface area contributed by atoms with Gasteiger partial charge in [-0.15, -0.1) is 10.2 Å². The number of H-pyrrole nitrogens is 1. The number of primary amides is 1. The summed E-state index contributed by atoms with van der Waals surface area (Å²) in [5.74, 6) is -2.54. The second-order valence-electron chi connectivity index (χ2n) is 6.44. The number of fused-ring (bicyclic) bond motifs is 1. The minimum Gasteiger partial charge on any atom is -0.508 e. The standard InChI is InChI=1S/C21H14N4O5/c22-19(28)17-15(12-3-1-2-4-13(12)21(29)30)16-14(9-23-20(16)25-24-17)18(27)10-5-7-11(26)8-6-10/h1-9,26H,(H2,22,28)(H,23,25)(H,29,30). The second kappa shape index (κ2) is 7.13. The first-order valence-corrected chi connectivity index (χ1v) is 8.72. The van der Waals surface area contributed by atoms with E-state index in [9.17, 15) is 24.6 Å². The van der Waals surface area contributed by atoms with Crippen LogP contribution in [-0.4, -0.2) is 43.1 Å². The zero-order chi connectivity index (χ0) is 21.4. The van der Waals surface area contributed by atoms with Crippen LogP contribution in [0.2, 0.25) is 0 Å². The molecule has 2 aromatic heterocycles. The van der Waals surface area contributed by atoms with E-state index in [2.05, 4.69) is 15.2 Å². The fourth-order valence-electron chi connectivity index (χ4n) is 3.28. The molecule has 0 saturated heterocycles. The SMILES string of the molecule is NC(=O)c1nnc2[nH]cc(C(=O)c3ccc(O)cc3)c2c1-c1ccccc1C(=O)O. The number of rotatable bonds is 5. The number of aromatic carboxylic acids is 1. The van der Waals surface area contributed by atoms with Crippen molar-refractivity contribution in [2.24, 2.45) is 5.73 Å². The van der Waals surface area contributed by atoms with Gasteiger partial charge in [0.1, 0.15) is 5.75 Å². The van der Waals surface area contributed by atoms with Crippen LogP contribution < -0.4 is 5.73 Å². The number of aromatic amines is 1. The lowest BCUT2D eigenvalue weighted by atomic mass is 9.92. The van der Waals surface area contributed by atoms with Crippen molar-refractivity contribution in [1.29, 1.82) is 0 Å². The van der Waals surface area contributed by atoms with Gasteiger partial charge >= 0.3 is 5.97 Å². The zero-order valence-corrected chi connectivity index (χ0v) is 15.3.